The molecule has 1 aromatic carbocycles. The summed E-state index contributed by atoms with van der Waals surface area (Å²) >= 11 is 0. The quantitative estimate of drug-likeness (QED) is 0.692. The number of rotatable bonds is 7. The lowest BCUT2D eigenvalue weighted by Gasteiger charge is -2.16. The van der Waals surface area contributed by atoms with Crippen LogP contribution in [0.25, 0.3) is 0 Å². The van der Waals surface area contributed by atoms with E-state index >= 15 is 0 Å². The molecule has 0 N–H and O–H groups in total. The fourth-order valence-corrected chi connectivity index (χ4v) is 2.69. The second-order valence-electron chi connectivity index (χ2n) is 4.22. The third-order valence-electron chi connectivity index (χ3n) is 2.82. The van der Waals surface area contributed by atoms with Gasteiger partial charge in [0.25, 0.3) is 0 Å². The highest BCUT2D eigenvalue weighted by Gasteiger charge is 2.20. The van der Waals surface area contributed by atoms with Gasteiger partial charge in [0.05, 0.1) is 25.0 Å². The van der Waals surface area contributed by atoms with Crippen molar-refractivity contribution < 1.29 is 22.7 Å². The summed E-state index contributed by atoms with van der Waals surface area (Å²) in [5.41, 5.74) is 0.704. The van der Waals surface area contributed by atoms with Crippen LogP contribution in [0, 0.1) is 0 Å². The van der Waals surface area contributed by atoms with Crippen molar-refractivity contribution in [3.05, 3.63) is 29.8 Å². The Bertz CT molecular complexity index is 538. The first-order valence-corrected chi connectivity index (χ1v) is 7.47. The lowest BCUT2D eigenvalue weighted by atomic mass is 10.2. The molecule has 0 aliphatic carbocycles. The number of carbonyl (C=O) groups excluding carboxylic acids is 1. The first kappa shape index (κ1) is 16.6. The number of likely N-dealkylation sites (N-methyl/N-ethyl adjacent to an activating group) is 1. The highest BCUT2D eigenvalue weighted by Crippen LogP contribution is 2.15. The molecule has 0 heterocycles. The van der Waals surface area contributed by atoms with Gasteiger partial charge in [0.15, 0.2) is 0 Å². The summed E-state index contributed by atoms with van der Waals surface area (Å²) < 4.78 is 35.1. The van der Waals surface area contributed by atoms with Gasteiger partial charge in [-0.1, -0.05) is 12.1 Å². The molecule has 1 rings (SSSR count). The summed E-state index contributed by atoms with van der Waals surface area (Å²) in [5.74, 6) is -0.363. The van der Waals surface area contributed by atoms with Crippen LogP contribution >= 0.6 is 0 Å². The third kappa shape index (κ3) is 4.29. The van der Waals surface area contributed by atoms with E-state index in [1.807, 2.05) is 0 Å². The highest BCUT2D eigenvalue weighted by molar-refractivity contribution is 7.89. The fourth-order valence-electron chi connectivity index (χ4n) is 1.54. The lowest BCUT2D eigenvalue weighted by molar-refractivity contribution is -0.139. The largest absolute Gasteiger partial charge is 0.469 e. The molecule has 112 valence electrons. The molecule has 0 unspecified atom stereocenters. The monoisotopic (exact) mass is 301 g/mol. The number of esters is 1. The molecule has 0 aliphatic heterocycles. The number of sulfonamides is 1. The van der Waals surface area contributed by atoms with Crippen molar-refractivity contribution in [3.63, 3.8) is 0 Å². The SMILES string of the molecule is COCCN(C)S(=O)(=O)c1ccc(CC(=O)OC)cc1. The van der Waals surface area contributed by atoms with Gasteiger partial charge in [-0.05, 0) is 17.7 Å². The van der Waals surface area contributed by atoms with E-state index in [0.29, 0.717) is 12.2 Å². The van der Waals surface area contributed by atoms with E-state index in [1.54, 1.807) is 12.1 Å². The Morgan fingerprint density at radius 2 is 1.80 bits per heavy atom. The van der Waals surface area contributed by atoms with Gasteiger partial charge in [-0.15, -0.1) is 0 Å². The Morgan fingerprint density at radius 3 is 2.30 bits per heavy atom. The first-order valence-electron chi connectivity index (χ1n) is 6.03. The maximum absolute atomic E-state index is 12.2. The highest BCUT2D eigenvalue weighted by atomic mass is 32.2. The standard InChI is InChI=1S/C13H19NO5S/c1-14(8-9-18-2)20(16,17)12-6-4-11(5-7-12)10-13(15)19-3/h4-7H,8-10H2,1-3H3. The summed E-state index contributed by atoms with van der Waals surface area (Å²) in [5, 5.41) is 0. The molecule has 0 bridgehead atoms. The Hall–Kier alpha value is -1.44. The van der Waals surface area contributed by atoms with Crippen molar-refractivity contribution in [2.75, 3.05) is 34.4 Å². The molecule has 20 heavy (non-hydrogen) atoms. The number of methoxy groups -OCH3 is 2. The molecule has 0 amide bonds. The van der Waals surface area contributed by atoms with Crippen molar-refractivity contribution in [1.82, 2.24) is 4.31 Å². The molecular formula is C13H19NO5S. The Kier molecular flexibility index (Phi) is 6.12. The molecule has 0 saturated heterocycles. The van der Waals surface area contributed by atoms with Gasteiger partial charge in [-0.3, -0.25) is 4.79 Å². The van der Waals surface area contributed by atoms with Crippen LogP contribution in [-0.2, 0) is 30.7 Å². The molecule has 0 aromatic heterocycles. The van der Waals surface area contributed by atoms with Gasteiger partial charge in [0, 0.05) is 20.7 Å². The van der Waals surface area contributed by atoms with E-state index in [1.165, 1.54) is 37.7 Å². The molecule has 7 heteroatoms. The fraction of sp³-hybridized carbons (Fsp3) is 0.462. The van der Waals surface area contributed by atoms with Crippen LogP contribution in [-0.4, -0.2) is 53.1 Å². The van der Waals surface area contributed by atoms with Crippen LogP contribution in [0.4, 0.5) is 0 Å². The van der Waals surface area contributed by atoms with Gasteiger partial charge >= 0.3 is 5.97 Å². The molecule has 0 radical (unpaired) electrons. The van der Waals surface area contributed by atoms with Crippen molar-refractivity contribution in [1.29, 1.82) is 0 Å². The maximum atomic E-state index is 12.2. The number of benzene rings is 1. The summed E-state index contributed by atoms with van der Waals surface area (Å²) in [7, 11) is 0.799. The smallest absolute Gasteiger partial charge is 0.309 e. The minimum atomic E-state index is -3.52. The summed E-state index contributed by atoms with van der Waals surface area (Å²) in [4.78, 5) is 11.3. The third-order valence-corrected chi connectivity index (χ3v) is 4.69. The number of ether oxygens (including phenoxy) is 2. The van der Waals surface area contributed by atoms with Crippen LogP contribution in [0.1, 0.15) is 5.56 Å². The van der Waals surface area contributed by atoms with Crippen molar-refractivity contribution in [2.45, 2.75) is 11.3 Å². The van der Waals surface area contributed by atoms with E-state index in [9.17, 15) is 13.2 Å². The first-order chi connectivity index (χ1) is 9.41. The van der Waals surface area contributed by atoms with Crippen molar-refractivity contribution >= 4 is 16.0 Å². The zero-order chi connectivity index (χ0) is 15.2. The van der Waals surface area contributed by atoms with Crippen molar-refractivity contribution in [3.8, 4) is 0 Å². The van der Waals surface area contributed by atoms with Crippen LogP contribution in [0.5, 0.6) is 0 Å². The van der Waals surface area contributed by atoms with E-state index in [-0.39, 0.29) is 23.8 Å². The van der Waals surface area contributed by atoms with E-state index in [4.69, 9.17) is 4.74 Å². The second-order valence-corrected chi connectivity index (χ2v) is 6.26. The molecule has 0 fully saturated rings. The maximum Gasteiger partial charge on any atom is 0.309 e. The van der Waals surface area contributed by atoms with Crippen LogP contribution < -0.4 is 0 Å². The summed E-state index contributed by atoms with van der Waals surface area (Å²) in [6.45, 7) is 0.610. The van der Waals surface area contributed by atoms with E-state index < -0.39 is 10.0 Å². The molecule has 0 spiro atoms. The number of hydrogen-bond donors (Lipinski definition) is 0. The van der Waals surface area contributed by atoms with Gasteiger partial charge in [-0.25, -0.2) is 8.42 Å². The molecule has 6 nitrogen and oxygen atoms in total. The van der Waals surface area contributed by atoms with Gasteiger partial charge in [0.1, 0.15) is 0 Å². The zero-order valence-corrected chi connectivity index (χ0v) is 12.6. The Balaban J connectivity index is 2.84. The van der Waals surface area contributed by atoms with Crippen LogP contribution in [0.2, 0.25) is 0 Å². The molecule has 0 saturated carbocycles. The minimum absolute atomic E-state index is 0.121. The van der Waals surface area contributed by atoms with Gasteiger partial charge in [-0.2, -0.15) is 4.31 Å². The van der Waals surface area contributed by atoms with E-state index in [0.717, 1.165) is 0 Å². The van der Waals surface area contributed by atoms with E-state index in [2.05, 4.69) is 4.74 Å². The molecule has 1 aromatic rings. The topological polar surface area (TPSA) is 72.9 Å². The number of nitrogens with zero attached hydrogens (tertiary/aromatic N) is 1. The predicted molar refractivity (Wildman–Crippen MR) is 73.9 cm³/mol. The molecular weight excluding hydrogens is 282 g/mol. The molecule has 0 aliphatic rings. The normalized spacial score (nSPS) is 11.6. The summed E-state index contributed by atoms with van der Waals surface area (Å²) in [6, 6.07) is 6.18. The lowest BCUT2D eigenvalue weighted by Crippen LogP contribution is -2.30. The Labute approximate surface area is 119 Å². The van der Waals surface area contributed by atoms with Crippen LogP contribution in [0.15, 0.2) is 29.2 Å². The molecule has 0 atom stereocenters. The predicted octanol–water partition coefficient (Wildman–Crippen LogP) is 0.669. The summed E-state index contributed by atoms with van der Waals surface area (Å²) in [6.07, 6.45) is 0.121. The number of carbonyl (C=O) groups is 1. The Morgan fingerprint density at radius 1 is 1.20 bits per heavy atom. The van der Waals surface area contributed by atoms with Gasteiger partial charge in [0.2, 0.25) is 10.0 Å². The minimum Gasteiger partial charge on any atom is -0.469 e. The van der Waals surface area contributed by atoms with Crippen molar-refractivity contribution in [2.24, 2.45) is 0 Å². The second kappa shape index (κ2) is 7.37. The average Bonchev–Trinajstić information content (AvgIpc) is 2.45. The number of hydrogen-bond acceptors (Lipinski definition) is 5. The van der Waals surface area contributed by atoms with Crippen LogP contribution in [0.3, 0.4) is 0 Å². The average molecular weight is 301 g/mol. The zero-order valence-electron chi connectivity index (χ0n) is 11.8. The van der Waals surface area contributed by atoms with Gasteiger partial charge < -0.3 is 9.47 Å².